The van der Waals surface area contributed by atoms with Gasteiger partial charge in [-0.05, 0) is 76.9 Å². The number of thiophene rings is 1. The van der Waals surface area contributed by atoms with Crippen LogP contribution < -0.4 is 4.90 Å². The van der Waals surface area contributed by atoms with E-state index >= 15 is 0 Å². The number of hydrogen-bond donors (Lipinski definition) is 0. The molecule has 0 aliphatic rings. The Kier molecular flexibility index (Phi) is 6.02. The Morgan fingerprint density at radius 1 is 0.719 bits per heavy atom. The summed E-state index contributed by atoms with van der Waals surface area (Å²) in [5.74, 6) is 0. The normalized spacial score (nSPS) is 12.4. The van der Waals surface area contributed by atoms with Crippen LogP contribution in [0.2, 0.25) is 0 Å². The molecule has 4 aromatic rings. The second-order valence-electron chi connectivity index (χ2n) is 10.7. The predicted octanol–water partition coefficient (Wildman–Crippen LogP) is 10.0. The fourth-order valence-corrected chi connectivity index (χ4v) is 5.54. The van der Waals surface area contributed by atoms with Crippen LogP contribution in [-0.2, 0) is 10.8 Å². The van der Waals surface area contributed by atoms with Gasteiger partial charge in [-0.2, -0.15) is 0 Å². The molecule has 0 bridgehead atoms. The van der Waals surface area contributed by atoms with E-state index in [1.165, 1.54) is 43.8 Å². The average Bonchev–Trinajstić information content (AvgIpc) is 3.10. The third-order valence-corrected chi connectivity index (χ3v) is 7.35. The lowest BCUT2D eigenvalue weighted by Gasteiger charge is -2.27. The highest BCUT2D eigenvalue weighted by Crippen LogP contribution is 2.44. The topological polar surface area (TPSA) is 3.24 Å². The van der Waals surface area contributed by atoms with Gasteiger partial charge in [0.2, 0.25) is 0 Å². The Balaban J connectivity index is 1.94. The first-order chi connectivity index (χ1) is 14.9. The average molecular weight is 507 g/mol. The lowest BCUT2D eigenvalue weighted by Crippen LogP contribution is -2.13. The molecule has 0 atom stereocenters. The number of hydrogen-bond acceptors (Lipinski definition) is 2. The van der Waals surface area contributed by atoms with Gasteiger partial charge in [0.15, 0.2) is 0 Å². The number of halogens is 1. The van der Waals surface area contributed by atoms with E-state index in [-0.39, 0.29) is 10.8 Å². The minimum absolute atomic E-state index is 0.110. The molecule has 0 saturated carbocycles. The quantitative estimate of drug-likeness (QED) is 0.267. The molecule has 0 unspecified atom stereocenters. The molecule has 0 amide bonds. The second-order valence-corrected chi connectivity index (χ2v) is 12.5. The molecule has 3 heteroatoms. The second kappa shape index (κ2) is 8.35. The Hall–Kier alpha value is -2.10. The molecule has 0 spiro atoms. The standard InChI is InChI=1S/C29H32BrNS/c1-19-14-22(30)17-24(15-19)31(23-11-8-20(9-12-23)28(2,3)4)26-18-32-27-13-10-21(16-25(26)27)29(5,6)7/h8-18H,1-7H3. The van der Waals surface area contributed by atoms with Crippen molar-refractivity contribution >= 4 is 54.4 Å². The lowest BCUT2D eigenvalue weighted by molar-refractivity contribution is 0.590. The van der Waals surface area contributed by atoms with Crippen molar-refractivity contribution < 1.29 is 0 Å². The molecule has 0 N–H and O–H groups in total. The molecule has 0 aliphatic carbocycles. The molecule has 1 heterocycles. The van der Waals surface area contributed by atoms with E-state index < -0.39 is 0 Å². The van der Waals surface area contributed by atoms with Crippen molar-refractivity contribution in [3.63, 3.8) is 0 Å². The van der Waals surface area contributed by atoms with Crippen LogP contribution in [0.4, 0.5) is 17.1 Å². The van der Waals surface area contributed by atoms with Gasteiger partial charge in [-0.15, -0.1) is 11.3 Å². The summed E-state index contributed by atoms with van der Waals surface area (Å²) in [6, 6.07) is 22.6. The first kappa shape index (κ1) is 23.1. The summed E-state index contributed by atoms with van der Waals surface area (Å²) < 4.78 is 2.41. The van der Waals surface area contributed by atoms with E-state index in [9.17, 15) is 0 Å². The van der Waals surface area contributed by atoms with Crippen molar-refractivity contribution in [3.8, 4) is 0 Å². The number of rotatable bonds is 3. The van der Waals surface area contributed by atoms with Crippen molar-refractivity contribution in [2.24, 2.45) is 0 Å². The smallest absolute Gasteiger partial charge is 0.0647 e. The number of aryl methyl sites for hydroxylation is 1. The van der Waals surface area contributed by atoms with Gasteiger partial charge in [0.25, 0.3) is 0 Å². The highest BCUT2D eigenvalue weighted by atomic mass is 79.9. The van der Waals surface area contributed by atoms with E-state index in [1.807, 2.05) is 11.3 Å². The summed E-state index contributed by atoms with van der Waals surface area (Å²) in [6.07, 6.45) is 0. The van der Waals surface area contributed by atoms with Gasteiger partial charge in [-0.25, -0.2) is 0 Å². The molecule has 166 valence electrons. The largest absolute Gasteiger partial charge is 0.309 e. The minimum atomic E-state index is 0.110. The van der Waals surface area contributed by atoms with Crippen LogP contribution in [0.3, 0.4) is 0 Å². The van der Waals surface area contributed by atoms with Crippen LogP contribution in [0.15, 0.2) is 70.5 Å². The summed E-state index contributed by atoms with van der Waals surface area (Å²) >= 11 is 5.53. The van der Waals surface area contributed by atoms with Gasteiger partial charge in [0, 0.05) is 31.3 Å². The van der Waals surface area contributed by atoms with E-state index in [2.05, 4.69) is 135 Å². The first-order valence-electron chi connectivity index (χ1n) is 11.1. The fraction of sp³-hybridized carbons (Fsp3) is 0.310. The molecule has 1 aromatic heterocycles. The SMILES string of the molecule is Cc1cc(Br)cc(N(c2ccc(C(C)(C)C)cc2)c2csc3ccc(C(C)(C)C)cc23)c1. The van der Waals surface area contributed by atoms with Gasteiger partial charge in [-0.1, -0.05) is 75.7 Å². The number of fused-ring (bicyclic) bond motifs is 1. The third kappa shape index (κ3) is 4.65. The molecule has 4 rings (SSSR count). The van der Waals surface area contributed by atoms with Gasteiger partial charge in [0.05, 0.1) is 5.69 Å². The van der Waals surface area contributed by atoms with Crippen molar-refractivity contribution in [3.05, 3.63) is 87.2 Å². The molecule has 3 aromatic carbocycles. The molecule has 1 nitrogen and oxygen atoms in total. The summed E-state index contributed by atoms with van der Waals surface area (Å²) in [7, 11) is 0. The zero-order chi connectivity index (χ0) is 23.3. The zero-order valence-electron chi connectivity index (χ0n) is 20.1. The zero-order valence-corrected chi connectivity index (χ0v) is 22.5. The van der Waals surface area contributed by atoms with E-state index in [0.29, 0.717) is 0 Å². The maximum absolute atomic E-state index is 3.72. The summed E-state index contributed by atoms with van der Waals surface area (Å²) in [5, 5.41) is 3.60. The third-order valence-electron chi connectivity index (χ3n) is 5.94. The Bertz CT molecular complexity index is 1230. The highest BCUT2D eigenvalue weighted by Gasteiger charge is 2.21. The summed E-state index contributed by atoms with van der Waals surface area (Å²) in [5.41, 5.74) is 7.76. The Morgan fingerprint density at radius 3 is 1.94 bits per heavy atom. The Morgan fingerprint density at radius 2 is 1.34 bits per heavy atom. The van der Waals surface area contributed by atoms with E-state index in [4.69, 9.17) is 0 Å². The maximum atomic E-state index is 3.72. The summed E-state index contributed by atoms with van der Waals surface area (Å²) in [4.78, 5) is 2.40. The number of anilines is 3. The van der Waals surface area contributed by atoms with Crippen molar-refractivity contribution in [1.82, 2.24) is 0 Å². The van der Waals surface area contributed by atoms with Crippen LogP contribution >= 0.6 is 27.3 Å². The van der Waals surface area contributed by atoms with E-state index in [1.54, 1.807) is 0 Å². The number of benzene rings is 3. The molecular formula is C29H32BrNS. The van der Waals surface area contributed by atoms with Crippen molar-refractivity contribution in [2.45, 2.75) is 59.3 Å². The van der Waals surface area contributed by atoms with E-state index in [0.717, 1.165) is 4.47 Å². The van der Waals surface area contributed by atoms with Crippen LogP contribution in [0.5, 0.6) is 0 Å². The molecule has 32 heavy (non-hydrogen) atoms. The monoisotopic (exact) mass is 505 g/mol. The van der Waals surface area contributed by atoms with Gasteiger partial charge >= 0.3 is 0 Å². The van der Waals surface area contributed by atoms with Crippen LogP contribution in [0.1, 0.15) is 58.2 Å². The number of nitrogens with zero attached hydrogens (tertiary/aromatic N) is 1. The van der Waals surface area contributed by atoms with Crippen molar-refractivity contribution in [1.29, 1.82) is 0 Å². The predicted molar refractivity (Wildman–Crippen MR) is 146 cm³/mol. The van der Waals surface area contributed by atoms with Gasteiger partial charge < -0.3 is 4.90 Å². The molecule has 0 saturated heterocycles. The van der Waals surface area contributed by atoms with Crippen LogP contribution in [-0.4, -0.2) is 0 Å². The van der Waals surface area contributed by atoms with Crippen LogP contribution in [0.25, 0.3) is 10.1 Å². The Labute approximate surface area is 205 Å². The maximum Gasteiger partial charge on any atom is 0.0647 e. The molecule has 0 fully saturated rings. The van der Waals surface area contributed by atoms with Crippen LogP contribution in [0, 0.1) is 6.92 Å². The van der Waals surface area contributed by atoms with Crippen molar-refractivity contribution in [2.75, 3.05) is 4.90 Å². The lowest BCUT2D eigenvalue weighted by atomic mass is 9.86. The summed E-state index contributed by atoms with van der Waals surface area (Å²) in [6.45, 7) is 15.8. The van der Waals surface area contributed by atoms with Gasteiger partial charge in [0.1, 0.15) is 0 Å². The molecular weight excluding hydrogens is 474 g/mol. The first-order valence-corrected chi connectivity index (χ1v) is 12.8. The highest BCUT2D eigenvalue weighted by molar-refractivity contribution is 9.10. The van der Waals surface area contributed by atoms with Gasteiger partial charge in [-0.3, -0.25) is 0 Å². The molecule has 0 aliphatic heterocycles. The molecule has 0 radical (unpaired) electrons. The fourth-order valence-electron chi connectivity index (χ4n) is 4.04. The minimum Gasteiger partial charge on any atom is -0.309 e.